The van der Waals surface area contributed by atoms with Crippen LogP contribution in [0.2, 0.25) is 0 Å². The van der Waals surface area contributed by atoms with Crippen molar-refractivity contribution in [1.82, 2.24) is 25.8 Å². The summed E-state index contributed by atoms with van der Waals surface area (Å²) in [4.78, 5) is 103. The molecule has 97 heavy (non-hydrogen) atoms. The van der Waals surface area contributed by atoms with Crippen molar-refractivity contribution in [1.29, 1.82) is 0 Å². The Kier molecular flexibility index (Phi) is 28.9. The number of carbonyl (C=O) groups excluding carboxylic acids is 7. The van der Waals surface area contributed by atoms with E-state index in [1.54, 1.807) is 67.6 Å². The number of aliphatic hydroxyl groups is 1. The molecule has 7 amide bonds. The topological polar surface area (TPSA) is 293 Å². The number of methoxy groups -OCH3 is 2. The van der Waals surface area contributed by atoms with Crippen molar-refractivity contribution in [2.24, 2.45) is 16.8 Å². The predicted molar refractivity (Wildman–Crippen MR) is 364 cm³/mol. The minimum atomic E-state index is -1.57. The fraction of sp³-hybridized carbons (Fsp3) is 0.528. The standard InChI is InChI=1S/C72H96N8O17/c1-8-16-51-36-54-43-74-57-41-62(60(89-6)39-55(57)69(85)78(54)44-51)95-26-15-27-96-63-42-58-56(40-61(63)90-7)70(86)79-45-52(17-9-2)37-59(79)71(87)80(58)72(88)97-46-50-20-22-53(23-21-50)76-67(83)48(5)75-68(84)66(47(3)4)77-64(81)24-28-91-30-32-93-34-35-94-33-31-92-29-25-73-65(82)38-49-18-13-11-10-12-14-19-49/h8-9,16-17,20-23,39-45,47-49,54,59,66,71,87H,10-15,18-19,24-38,46H2,1-7H3,(H,73,82)(H,75,84)(H,76,83)(H,77,81)/b16-8+,17-9+/t48?,54?,59?,66-,71?/m0/s1. The predicted octanol–water partition coefficient (Wildman–Crippen LogP) is 9.00. The van der Waals surface area contributed by atoms with Crippen molar-refractivity contribution in [3.63, 3.8) is 0 Å². The Balaban J connectivity index is 0.757. The van der Waals surface area contributed by atoms with Gasteiger partial charge in [-0.05, 0) is 99.3 Å². The molecule has 1 saturated carbocycles. The fourth-order valence-electron chi connectivity index (χ4n) is 12.0. The quantitative estimate of drug-likeness (QED) is 0.0343. The van der Waals surface area contributed by atoms with E-state index in [1.807, 2.05) is 44.4 Å². The van der Waals surface area contributed by atoms with Crippen LogP contribution in [0.1, 0.15) is 138 Å². The SMILES string of the molecule is C/C=C/C1=CN2C(=O)c3cc(OC)c(OCCCOc4cc5c(cc4OC)C(=O)N4C=C(/C=C/C)CC4C(O)N5C(=O)OCc4ccc(NC(=O)C(C)NC(=O)[C@@H](NC(=O)CCOCCOCCOCCOCCNC(=O)CC5CCCCCCC5)C(C)C)cc4)cc3N=CC2C1. The van der Waals surface area contributed by atoms with Crippen molar-refractivity contribution in [2.45, 2.75) is 149 Å². The number of hydrogen-bond donors (Lipinski definition) is 5. The molecule has 0 spiro atoms. The summed E-state index contributed by atoms with van der Waals surface area (Å²) < 4.78 is 51.9. The Hall–Kier alpha value is -8.62. The zero-order valence-electron chi connectivity index (χ0n) is 56.9. The van der Waals surface area contributed by atoms with Gasteiger partial charge in [0.2, 0.25) is 23.6 Å². The minimum Gasteiger partial charge on any atom is -0.493 e. The third-order valence-electron chi connectivity index (χ3n) is 17.2. The summed E-state index contributed by atoms with van der Waals surface area (Å²) in [5.74, 6) is -0.770. The number of fused-ring (bicyclic) bond motifs is 4. The van der Waals surface area contributed by atoms with Crippen LogP contribution < -0.4 is 45.1 Å². The maximum absolute atomic E-state index is 14.4. The van der Waals surface area contributed by atoms with Gasteiger partial charge >= 0.3 is 6.09 Å². The van der Waals surface area contributed by atoms with Crippen molar-refractivity contribution in [3.05, 3.63) is 113 Å². The van der Waals surface area contributed by atoms with Gasteiger partial charge in [0.15, 0.2) is 29.2 Å². The Morgan fingerprint density at radius 2 is 1.25 bits per heavy atom. The van der Waals surface area contributed by atoms with Crippen LogP contribution in [0.5, 0.6) is 23.0 Å². The Labute approximate surface area is 568 Å². The van der Waals surface area contributed by atoms with E-state index >= 15 is 0 Å². The first-order chi connectivity index (χ1) is 47.0. The lowest BCUT2D eigenvalue weighted by Crippen LogP contribution is -2.53. The summed E-state index contributed by atoms with van der Waals surface area (Å²) in [6.45, 7) is 11.9. The van der Waals surface area contributed by atoms with E-state index in [2.05, 4.69) is 26.3 Å². The lowest BCUT2D eigenvalue weighted by molar-refractivity contribution is -0.132. The summed E-state index contributed by atoms with van der Waals surface area (Å²) in [7, 11) is 2.92. The lowest BCUT2D eigenvalue weighted by Gasteiger charge is -2.31. The van der Waals surface area contributed by atoms with E-state index < -0.39 is 54.1 Å². The Bertz CT molecular complexity index is 3340. The number of nitrogens with zero attached hydrogens (tertiary/aromatic N) is 4. The highest BCUT2D eigenvalue weighted by molar-refractivity contribution is 6.07. The van der Waals surface area contributed by atoms with Gasteiger partial charge in [0.1, 0.15) is 18.7 Å². The van der Waals surface area contributed by atoms with Crippen molar-refractivity contribution >= 4 is 64.8 Å². The summed E-state index contributed by atoms with van der Waals surface area (Å²) >= 11 is 0. The number of nitrogens with one attached hydrogen (secondary N) is 4. The van der Waals surface area contributed by atoms with Crippen LogP contribution in [0.4, 0.5) is 21.9 Å². The van der Waals surface area contributed by atoms with Crippen molar-refractivity contribution in [2.75, 3.05) is 97.0 Å². The van der Waals surface area contributed by atoms with E-state index in [0.717, 1.165) is 28.9 Å². The normalized spacial score (nSPS) is 18.4. The van der Waals surface area contributed by atoms with E-state index in [9.17, 15) is 38.7 Å². The van der Waals surface area contributed by atoms with Crippen molar-refractivity contribution < 1.29 is 81.3 Å². The molecular formula is C72H96N8O17. The van der Waals surface area contributed by atoms with Gasteiger partial charge in [-0.15, -0.1) is 0 Å². The van der Waals surface area contributed by atoms with Gasteiger partial charge in [-0.25, -0.2) is 9.69 Å². The highest BCUT2D eigenvalue weighted by Crippen LogP contribution is 2.43. The lowest BCUT2D eigenvalue weighted by atomic mass is 9.89. The molecule has 0 bridgehead atoms. The molecule has 1 aliphatic carbocycles. The molecule has 25 heteroatoms. The molecule has 4 aliphatic heterocycles. The molecule has 8 rings (SSSR count). The minimum absolute atomic E-state index is 0.000222. The maximum atomic E-state index is 14.4. The Morgan fingerprint density at radius 1 is 0.660 bits per heavy atom. The van der Waals surface area contributed by atoms with E-state index in [-0.39, 0.29) is 92.4 Å². The van der Waals surface area contributed by atoms with Crippen LogP contribution in [0.3, 0.4) is 0 Å². The first-order valence-corrected chi connectivity index (χ1v) is 33.8. The molecule has 526 valence electrons. The zero-order chi connectivity index (χ0) is 69.2. The number of amides is 7. The highest BCUT2D eigenvalue weighted by Gasteiger charge is 2.46. The number of hydrogen-bond acceptors (Lipinski definition) is 18. The first-order valence-electron chi connectivity index (χ1n) is 33.8. The number of anilines is 2. The zero-order valence-corrected chi connectivity index (χ0v) is 56.9. The van der Waals surface area contributed by atoms with Crippen LogP contribution in [0.15, 0.2) is 101 Å². The molecule has 1 fully saturated rings. The molecule has 4 unspecified atom stereocenters. The monoisotopic (exact) mass is 1340 g/mol. The number of carbonyl (C=O) groups is 7. The summed E-state index contributed by atoms with van der Waals surface area (Å²) in [6, 6.07) is 9.68. The number of ether oxygens (including phenoxy) is 9. The average molecular weight is 1350 g/mol. The molecule has 0 saturated heterocycles. The van der Waals surface area contributed by atoms with Crippen LogP contribution in [-0.4, -0.2) is 180 Å². The molecule has 25 nitrogen and oxygen atoms in total. The molecule has 4 heterocycles. The van der Waals surface area contributed by atoms with E-state index in [4.69, 9.17) is 42.6 Å². The average Bonchev–Trinajstić information content (AvgIpc) is 1.67. The van der Waals surface area contributed by atoms with Gasteiger partial charge in [0.25, 0.3) is 11.8 Å². The van der Waals surface area contributed by atoms with E-state index in [1.165, 1.54) is 70.3 Å². The molecule has 5 aliphatic rings. The van der Waals surface area contributed by atoms with Gasteiger partial charge in [0, 0.05) is 62.2 Å². The molecule has 0 aromatic heterocycles. The van der Waals surface area contributed by atoms with Crippen LogP contribution in [0, 0.1) is 11.8 Å². The second-order valence-corrected chi connectivity index (χ2v) is 24.8. The fourth-order valence-corrected chi connectivity index (χ4v) is 12.0. The summed E-state index contributed by atoms with van der Waals surface area (Å²) in [5.41, 5.74) is 3.60. The van der Waals surface area contributed by atoms with Gasteiger partial charge in [0.05, 0.1) is 115 Å². The number of aliphatic hydroxyl groups excluding tert-OH is 1. The van der Waals surface area contributed by atoms with Crippen LogP contribution in [-0.2, 0) is 49.5 Å². The van der Waals surface area contributed by atoms with Gasteiger partial charge in [-0.1, -0.05) is 82.4 Å². The van der Waals surface area contributed by atoms with E-state index in [0.29, 0.717) is 105 Å². The second-order valence-electron chi connectivity index (χ2n) is 24.8. The van der Waals surface area contributed by atoms with Gasteiger partial charge in [-0.2, -0.15) is 0 Å². The molecule has 3 aromatic rings. The molecule has 5 N–H and O–H groups in total. The summed E-state index contributed by atoms with van der Waals surface area (Å²) in [6.07, 6.45) is 20.7. The Morgan fingerprint density at radius 3 is 1.89 bits per heavy atom. The maximum Gasteiger partial charge on any atom is 0.416 e. The third-order valence-corrected chi connectivity index (χ3v) is 17.2. The van der Waals surface area contributed by atoms with Gasteiger partial charge in [-0.3, -0.25) is 33.8 Å². The summed E-state index contributed by atoms with van der Waals surface area (Å²) in [5, 5.41) is 23.3. The number of benzene rings is 3. The highest BCUT2D eigenvalue weighted by atomic mass is 16.6. The largest absolute Gasteiger partial charge is 0.493 e. The van der Waals surface area contributed by atoms with Crippen LogP contribution in [0.25, 0.3) is 0 Å². The second kappa shape index (κ2) is 37.8. The molecule has 0 radical (unpaired) electrons. The smallest absolute Gasteiger partial charge is 0.416 e. The third kappa shape index (κ3) is 21.2. The first kappa shape index (κ1) is 74.2. The molecule has 5 atom stereocenters. The van der Waals surface area contributed by atoms with Gasteiger partial charge < -0.3 is 78.8 Å². The number of aliphatic imine (C=N–C) groups is 1. The van der Waals surface area contributed by atoms with Crippen molar-refractivity contribution in [3.8, 4) is 23.0 Å². The number of rotatable bonds is 35. The molecular weight excluding hydrogens is 1250 g/mol. The van der Waals surface area contributed by atoms with Crippen LogP contribution >= 0.6 is 0 Å². The molecule has 3 aromatic carbocycles. The number of allylic oxidation sites excluding steroid dienone is 4.